The molecule has 0 saturated heterocycles. The van der Waals surface area contributed by atoms with Gasteiger partial charge in [-0.05, 0) is 32.3 Å². The maximum Gasteiger partial charge on any atom is 0.254 e. The number of aliphatic hydroxyl groups is 1. The van der Waals surface area contributed by atoms with E-state index in [1.807, 2.05) is 0 Å². The first kappa shape index (κ1) is 11.8. The monoisotopic (exact) mass is 211 g/mol. The summed E-state index contributed by atoms with van der Waals surface area (Å²) in [6.07, 6.45) is 4.07. The maximum atomic E-state index is 11.5. The lowest BCUT2D eigenvalue weighted by Gasteiger charge is -2.02. The molecule has 1 heterocycles. The molecule has 2 N–H and O–H groups in total. The number of furan rings is 1. The van der Waals surface area contributed by atoms with Crippen molar-refractivity contribution in [3.05, 3.63) is 23.7 Å². The van der Waals surface area contributed by atoms with Crippen LogP contribution in [0.4, 0.5) is 0 Å². The molecule has 0 aliphatic rings. The quantitative estimate of drug-likeness (QED) is 0.700. The largest absolute Gasteiger partial charge is 0.469 e. The number of rotatable bonds is 6. The van der Waals surface area contributed by atoms with Gasteiger partial charge < -0.3 is 14.8 Å². The van der Waals surface area contributed by atoms with Gasteiger partial charge in [-0.25, -0.2) is 0 Å². The SMILES string of the molecule is Cc1cc(C(=O)NCCCCCO)co1. The molecular weight excluding hydrogens is 194 g/mol. The Labute approximate surface area is 89.3 Å². The van der Waals surface area contributed by atoms with E-state index in [2.05, 4.69) is 5.32 Å². The molecule has 4 heteroatoms. The van der Waals surface area contributed by atoms with Crippen molar-refractivity contribution < 1.29 is 14.3 Å². The van der Waals surface area contributed by atoms with Crippen molar-refractivity contribution in [2.24, 2.45) is 0 Å². The second-order valence-corrected chi connectivity index (χ2v) is 3.49. The van der Waals surface area contributed by atoms with Crippen LogP contribution in [0.1, 0.15) is 35.4 Å². The van der Waals surface area contributed by atoms with Crippen molar-refractivity contribution in [1.82, 2.24) is 5.32 Å². The minimum absolute atomic E-state index is 0.101. The number of nitrogens with one attached hydrogen (secondary N) is 1. The molecule has 1 amide bonds. The first-order valence-electron chi connectivity index (χ1n) is 5.18. The Morgan fingerprint density at radius 1 is 1.47 bits per heavy atom. The topological polar surface area (TPSA) is 62.5 Å². The van der Waals surface area contributed by atoms with Gasteiger partial charge in [-0.3, -0.25) is 4.79 Å². The molecule has 15 heavy (non-hydrogen) atoms. The van der Waals surface area contributed by atoms with Crippen LogP contribution < -0.4 is 5.32 Å². The molecule has 0 fully saturated rings. The third-order valence-electron chi connectivity index (χ3n) is 2.11. The molecule has 0 saturated carbocycles. The van der Waals surface area contributed by atoms with Gasteiger partial charge in [0.1, 0.15) is 12.0 Å². The highest BCUT2D eigenvalue weighted by atomic mass is 16.3. The predicted octanol–water partition coefficient (Wildman–Crippen LogP) is 1.48. The molecule has 0 radical (unpaired) electrons. The van der Waals surface area contributed by atoms with E-state index in [1.54, 1.807) is 13.0 Å². The second-order valence-electron chi connectivity index (χ2n) is 3.49. The van der Waals surface area contributed by atoms with E-state index < -0.39 is 0 Å². The van der Waals surface area contributed by atoms with Crippen molar-refractivity contribution in [1.29, 1.82) is 0 Å². The average Bonchev–Trinajstić information content (AvgIpc) is 2.64. The molecule has 0 atom stereocenters. The fourth-order valence-electron chi connectivity index (χ4n) is 1.28. The fraction of sp³-hybridized carbons (Fsp3) is 0.545. The van der Waals surface area contributed by atoms with E-state index >= 15 is 0 Å². The number of aliphatic hydroxyl groups excluding tert-OH is 1. The molecule has 4 nitrogen and oxygen atoms in total. The lowest BCUT2D eigenvalue weighted by molar-refractivity contribution is 0.0952. The molecule has 0 aliphatic carbocycles. The minimum Gasteiger partial charge on any atom is -0.469 e. The minimum atomic E-state index is -0.101. The van der Waals surface area contributed by atoms with Crippen LogP contribution in [0.5, 0.6) is 0 Å². The summed E-state index contributed by atoms with van der Waals surface area (Å²) in [6.45, 7) is 2.66. The van der Waals surface area contributed by atoms with Crippen LogP contribution in [0.15, 0.2) is 16.7 Å². The maximum absolute atomic E-state index is 11.5. The summed E-state index contributed by atoms with van der Waals surface area (Å²) >= 11 is 0. The number of carbonyl (C=O) groups excluding carboxylic acids is 1. The van der Waals surface area contributed by atoms with Gasteiger partial charge in [-0.15, -0.1) is 0 Å². The molecule has 1 rings (SSSR count). The summed E-state index contributed by atoms with van der Waals surface area (Å²) in [4.78, 5) is 11.5. The molecule has 1 aromatic rings. The number of amides is 1. The highest BCUT2D eigenvalue weighted by Gasteiger charge is 2.06. The molecular formula is C11H17NO3. The van der Waals surface area contributed by atoms with Crippen LogP contribution >= 0.6 is 0 Å². The molecule has 0 unspecified atom stereocenters. The van der Waals surface area contributed by atoms with E-state index in [-0.39, 0.29) is 12.5 Å². The number of carbonyl (C=O) groups is 1. The smallest absolute Gasteiger partial charge is 0.254 e. The Morgan fingerprint density at radius 3 is 2.87 bits per heavy atom. The number of aryl methyl sites for hydroxylation is 1. The third kappa shape index (κ3) is 4.16. The van der Waals surface area contributed by atoms with E-state index in [0.29, 0.717) is 12.1 Å². The van der Waals surface area contributed by atoms with Gasteiger partial charge in [0, 0.05) is 13.2 Å². The average molecular weight is 211 g/mol. The Morgan fingerprint density at radius 2 is 2.27 bits per heavy atom. The van der Waals surface area contributed by atoms with E-state index in [4.69, 9.17) is 9.52 Å². The zero-order valence-electron chi connectivity index (χ0n) is 8.95. The number of hydrogen-bond acceptors (Lipinski definition) is 3. The van der Waals surface area contributed by atoms with Crippen LogP contribution in [0, 0.1) is 6.92 Å². The highest BCUT2D eigenvalue weighted by molar-refractivity contribution is 5.93. The number of hydrogen-bond donors (Lipinski definition) is 2. The first-order valence-corrected chi connectivity index (χ1v) is 5.18. The van der Waals surface area contributed by atoms with Gasteiger partial charge in [0.2, 0.25) is 0 Å². The highest BCUT2D eigenvalue weighted by Crippen LogP contribution is 2.05. The Hall–Kier alpha value is -1.29. The molecule has 0 aliphatic heterocycles. The van der Waals surface area contributed by atoms with Crippen LogP contribution in [0.2, 0.25) is 0 Å². The van der Waals surface area contributed by atoms with E-state index in [0.717, 1.165) is 25.0 Å². The van der Waals surface area contributed by atoms with E-state index in [9.17, 15) is 4.79 Å². The normalized spacial score (nSPS) is 10.3. The predicted molar refractivity (Wildman–Crippen MR) is 56.7 cm³/mol. The fourth-order valence-corrected chi connectivity index (χ4v) is 1.28. The van der Waals surface area contributed by atoms with E-state index in [1.165, 1.54) is 6.26 Å². The van der Waals surface area contributed by atoms with Crippen LogP contribution in [-0.4, -0.2) is 24.2 Å². The van der Waals surface area contributed by atoms with Gasteiger partial charge >= 0.3 is 0 Å². The molecule has 0 aromatic carbocycles. The molecule has 1 aromatic heterocycles. The lowest BCUT2D eigenvalue weighted by Crippen LogP contribution is -2.23. The van der Waals surface area contributed by atoms with Gasteiger partial charge in [0.25, 0.3) is 5.91 Å². The Balaban J connectivity index is 2.19. The van der Waals surface area contributed by atoms with Gasteiger partial charge in [-0.2, -0.15) is 0 Å². The van der Waals surface area contributed by atoms with Gasteiger partial charge in [-0.1, -0.05) is 0 Å². The lowest BCUT2D eigenvalue weighted by atomic mass is 10.2. The second kappa shape index (κ2) is 6.24. The van der Waals surface area contributed by atoms with Crippen LogP contribution in [0.3, 0.4) is 0 Å². The van der Waals surface area contributed by atoms with Crippen LogP contribution in [0.25, 0.3) is 0 Å². The van der Waals surface area contributed by atoms with Crippen molar-refractivity contribution in [3.8, 4) is 0 Å². The Bertz CT molecular complexity index is 307. The molecule has 84 valence electrons. The standard InChI is InChI=1S/C11H17NO3/c1-9-7-10(8-15-9)11(14)12-5-3-2-4-6-13/h7-8,13H,2-6H2,1H3,(H,12,14). The Kier molecular flexibility index (Phi) is 4.90. The summed E-state index contributed by atoms with van der Waals surface area (Å²) in [5.41, 5.74) is 0.564. The molecule has 0 bridgehead atoms. The number of unbranched alkanes of at least 4 members (excludes halogenated alkanes) is 2. The summed E-state index contributed by atoms with van der Waals surface area (Å²) in [7, 11) is 0. The first-order chi connectivity index (χ1) is 7.24. The van der Waals surface area contributed by atoms with Crippen molar-refractivity contribution in [3.63, 3.8) is 0 Å². The van der Waals surface area contributed by atoms with Crippen LogP contribution in [-0.2, 0) is 0 Å². The zero-order chi connectivity index (χ0) is 11.1. The van der Waals surface area contributed by atoms with Crippen molar-refractivity contribution >= 4 is 5.91 Å². The van der Waals surface area contributed by atoms with Gasteiger partial charge in [0.05, 0.1) is 5.56 Å². The summed E-state index contributed by atoms with van der Waals surface area (Å²) in [6, 6.07) is 1.71. The molecule has 0 spiro atoms. The third-order valence-corrected chi connectivity index (χ3v) is 2.11. The summed E-state index contributed by atoms with van der Waals surface area (Å²) < 4.78 is 5.04. The summed E-state index contributed by atoms with van der Waals surface area (Å²) in [5, 5.41) is 11.3. The summed E-state index contributed by atoms with van der Waals surface area (Å²) in [5.74, 6) is 0.635. The van der Waals surface area contributed by atoms with Crippen molar-refractivity contribution in [2.75, 3.05) is 13.2 Å². The zero-order valence-corrected chi connectivity index (χ0v) is 8.95. The van der Waals surface area contributed by atoms with Crippen molar-refractivity contribution in [2.45, 2.75) is 26.2 Å². The van der Waals surface area contributed by atoms with Gasteiger partial charge in [0.15, 0.2) is 0 Å².